The lowest BCUT2D eigenvalue weighted by Crippen LogP contribution is -2.08. The first-order valence-corrected chi connectivity index (χ1v) is 3.02. The van der Waals surface area contributed by atoms with Crippen LogP contribution >= 0.6 is 0 Å². The summed E-state index contributed by atoms with van der Waals surface area (Å²) in [6, 6.07) is -1.72. The molecule has 0 aromatic carbocycles. The lowest BCUT2D eigenvalue weighted by Gasteiger charge is -2.01. The molecule has 2 atom stereocenters. The zero-order valence-corrected chi connectivity index (χ0v) is 6.00. The van der Waals surface area contributed by atoms with Crippen LogP contribution in [-0.4, -0.2) is 11.1 Å². The lowest BCUT2D eigenvalue weighted by molar-refractivity contribution is -0.141. The second-order valence-electron chi connectivity index (χ2n) is 1.89. The summed E-state index contributed by atoms with van der Waals surface area (Å²) in [6.45, 7) is -2.49. The number of carboxylic acids is 1. The molecule has 0 bridgehead atoms. The minimum absolute atomic E-state index is 0.378. The summed E-state index contributed by atoms with van der Waals surface area (Å²) in [5.41, 5.74) is 0. The van der Waals surface area contributed by atoms with Crippen molar-refractivity contribution < 1.29 is 20.9 Å². The highest BCUT2D eigenvalue weighted by molar-refractivity contribution is 5.69. The van der Waals surface area contributed by atoms with E-state index in [-0.39, 0.29) is 6.42 Å². The average molecular weight is 164 g/mol. The first kappa shape index (κ1) is 2.92. The number of rotatable bonds is 5. The third-order valence-corrected chi connectivity index (χ3v) is 0.998. The van der Waals surface area contributed by atoms with E-state index in [0.29, 0.717) is 0 Å². The molecule has 0 aliphatic carbocycles. The number of aliphatic carboxylic acids is 1. The maximum Gasteiger partial charge on any atom is 0.306 e. The minimum Gasteiger partial charge on any atom is -0.481 e. The SMILES string of the molecule is [2H]CC(CC([2H])C([2H])=C([2H])C([2H])([2H])C([2H])[2H])C(=O)O. The highest BCUT2D eigenvalue weighted by Gasteiger charge is 2.07. The van der Waals surface area contributed by atoms with E-state index in [1.165, 1.54) is 0 Å². The molecule has 2 unspecified atom stereocenters. The highest BCUT2D eigenvalue weighted by atomic mass is 16.4. The van der Waals surface area contributed by atoms with Crippen LogP contribution in [-0.2, 0) is 4.79 Å². The second kappa shape index (κ2) is 5.96. The molecule has 1 N–H and O–H groups in total. The van der Waals surface area contributed by atoms with E-state index < -0.39 is 50.5 Å². The third kappa shape index (κ3) is 5.64. The molecular formula is C9H16O2. The van der Waals surface area contributed by atoms with Crippen LogP contribution in [0.4, 0.5) is 0 Å². The van der Waals surface area contributed by atoms with Gasteiger partial charge in [-0.2, -0.15) is 0 Å². The maximum atomic E-state index is 10.7. The van der Waals surface area contributed by atoms with Crippen molar-refractivity contribution in [1.82, 2.24) is 0 Å². The second-order valence-corrected chi connectivity index (χ2v) is 1.89. The van der Waals surface area contributed by atoms with Gasteiger partial charge < -0.3 is 5.11 Å². The third-order valence-electron chi connectivity index (χ3n) is 0.998. The predicted octanol–water partition coefficient (Wildman–Crippen LogP) is 2.45. The van der Waals surface area contributed by atoms with Crippen molar-refractivity contribution in [3.05, 3.63) is 12.1 Å². The molecule has 2 heteroatoms. The van der Waals surface area contributed by atoms with E-state index >= 15 is 0 Å². The Morgan fingerprint density at radius 2 is 2.73 bits per heavy atom. The quantitative estimate of drug-likeness (QED) is 0.634. The number of allylic oxidation sites excluding steroid dienone is 2. The molecule has 0 aliphatic heterocycles. The molecule has 0 aliphatic rings. The van der Waals surface area contributed by atoms with Crippen molar-refractivity contribution in [3.8, 4) is 0 Å². The molecular weight excluding hydrogens is 140 g/mol. The summed E-state index contributed by atoms with van der Waals surface area (Å²) in [5, 5.41) is 8.73. The van der Waals surface area contributed by atoms with E-state index in [0.717, 1.165) is 0 Å². The van der Waals surface area contributed by atoms with Crippen molar-refractivity contribution >= 4 is 5.97 Å². The summed E-state index contributed by atoms with van der Waals surface area (Å²) in [7, 11) is 0. The van der Waals surface area contributed by atoms with Gasteiger partial charge in [-0.15, -0.1) is 0 Å². The van der Waals surface area contributed by atoms with Gasteiger partial charge in [0.25, 0.3) is 0 Å². The average Bonchev–Trinajstić information content (AvgIpc) is 2.32. The number of carboxylic acid groups (broad SMARTS) is 1. The van der Waals surface area contributed by atoms with Crippen LogP contribution in [0.3, 0.4) is 0 Å². The molecule has 0 amide bonds. The van der Waals surface area contributed by atoms with Crippen molar-refractivity contribution in [2.45, 2.75) is 33.0 Å². The maximum absolute atomic E-state index is 10.7. The zero-order chi connectivity index (χ0) is 15.4. The number of hydrogen-bond donors (Lipinski definition) is 1. The fraction of sp³-hybridized carbons (Fsp3) is 0.667. The Kier molecular flexibility index (Phi) is 1.58. The Labute approximate surface area is 79.2 Å². The van der Waals surface area contributed by atoms with Gasteiger partial charge in [0.1, 0.15) is 0 Å². The van der Waals surface area contributed by atoms with Crippen LogP contribution in [0.15, 0.2) is 12.1 Å². The fourth-order valence-corrected chi connectivity index (χ4v) is 0.395. The smallest absolute Gasteiger partial charge is 0.306 e. The molecule has 0 aromatic rings. The highest BCUT2D eigenvalue weighted by Crippen LogP contribution is 2.05. The zero-order valence-electron chi connectivity index (χ0n) is 14.0. The molecule has 2 nitrogen and oxygen atoms in total. The molecule has 0 aromatic heterocycles. The van der Waals surface area contributed by atoms with Crippen molar-refractivity contribution in [1.29, 1.82) is 0 Å². The summed E-state index contributed by atoms with van der Waals surface area (Å²) in [5.74, 6) is -2.45. The molecule has 0 fully saturated rings. The minimum atomic E-state index is -2.68. The van der Waals surface area contributed by atoms with E-state index in [1.807, 2.05) is 0 Å². The molecule has 64 valence electrons. The fourth-order valence-electron chi connectivity index (χ4n) is 0.395. The first-order valence-electron chi connectivity index (χ1n) is 7.46. The standard InChI is InChI=1S/C9H16O2/c1-3-4-5-6-7-8(2)9(10)11/h4-5,8H,3,6-7H2,1-2H3,(H,10,11)/i1D2,2D,3D2,4D,5D,6D. The van der Waals surface area contributed by atoms with Crippen molar-refractivity contribution in [3.63, 3.8) is 0 Å². The number of hydrogen-bond acceptors (Lipinski definition) is 1. The molecule has 0 radical (unpaired) electrons. The van der Waals surface area contributed by atoms with E-state index in [9.17, 15) is 4.79 Å². The molecule has 11 heavy (non-hydrogen) atoms. The Morgan fingerprint density at radius 3 is 3.27 bits per heavy atom. The van der Waals surface area contributed by atoms with Gasteiger partial charge in [0.15, 0.2) is 0 Å². The van der Waals surface area contributed by atoms with Gasteiger partial charge >= 0.3 is 5.97 Å². The normalized spacial score (nSPS) is 30.3. The molecule has 0 rings (SSSR count). The predicted molar refractivity (Wildman–Crippen MR) is 45.5 cm³/mol. The van der Waals surface area contributed by atoms with Gasteiger partial charge in [-0.3, -0.25) is 4.79 Å². The van der Waals surface area contributed by atoms with Gasteiger partial charge in [-0.25, -0.2) is 0 Å². The van der Waals surface area contributed by atoms with Crippen LogP contribution in [0.25, 0.3) is 0 Å². The topological polar surface area (TPSA) is 37.3 Å². The van der Waals surface area contributed by atoms with Crippen LogP contribution < -0.4 is 0 Å². The van der Waals surface area contributed by atoms with Crippen LogP contribution in [0.1, 0.15) is 43.9 Å². The Morgan fingerprint density at radius 1 is 1.91 bits per heavy atom. The van der Waals surface area contributed by atoms with Crippen LogP contribution in [0.5, 0.6) is 0 Å². The van der Waals surface area contributed by atoms with Crippen molar-refractivity contribution in [2.75, 3.05) is 0 Å². The van der Waals surface area contributed by atoms with E-state index in [2.05, 4.69) is 0 Å². The summed E-state index contributed by atoms with van der Waals surface area (Å²) >= 11 is 0. The number of carbonyl (C=O) groups is 1. The van der Waals surface area contributed by atoms with Crippen molar-refractivity contribution in [2.24, 2.45) is 5.92 Å². The molecule has 0 saturated heterocycles. The molecule has 0 spiro atoms. The monoisotopic (exact) mass is 164 g/mol. The largest absolute Gasteiger partial charge is 0.481 e. The van der Waals surface area contributed by atoms with E-state index in [4.69, 9.17) is 16.1 Å². The molecule has 0 saturated carbocycles. The molecule has 0 heterocycles. The van der Waals surface area contributed by atoms with Gasteiger partial charge in [0.05, 0.1) is 8.66 Å². The lowest BCUT2D eigenvalue weighted by atomic mass is 10.1. The summed E-state index contributed by atoms with van der Waals surface area (Å²) in [6.07, 6.45) is -4.53. The Bertz CT molecular complexity index is 354. The van der Waals surface area contributed by atoms with Gasteiger partial charge in [-0.05, 0) is 19.2 Å². The van der Waals surface area contributed by atoms with Crippen LogP contribution in [0.2, 0.25) is 0 Å². The van der Waals surface area contributed by atoms with Crippen LogP contribution in [0, 0.1) is 5.92 Å². The summed E-state index contributed by atoms with van der Waals surface area (Å²) < 4.78 is 58.0. The van der Waals surface area contributed by atoms with Gasteiger partial charge in [-0.1, -0.05) is 25.9 Å². The summed E-state index contributed by atoms with van der Waals surface area (Å²) in [4.78, 5) is 10.7. The van der Waals surface area contributed by atoms with Gasteiger partial charge in [0.2, 0.25) is 0 Å². The Balaban J connectivity index is 5.08. The Hall–Kier alpha value is -0.790. The van der Waals surface area contributed by atoms with Gasteiger partial charge in [0, 0.05) is 8.22 Å². The van der Waals surface area contributed by atoms with E-state index in [1.54, 1.807) is 0 Å². The first-order chi connectivity index (χ1) is 8.55.